The molecule has 1 atom stereocenters. The van der Waals surface area contributed by atoms with Gasteiger partial charge in [-0.15, -0.1) is 0 Å². The number of carbonyl (C=O) groups excluding carboxylic acids is 2. The predicted octanol–water partition coefficient (Wildman–Crippen LogP) is 2.81. The summed E-state index contributed by atoms with van der Waals surface area (Å²) in [6.45, 7) is 3.24. The summed E-state index contributed by atoms with van der Waals surface area (Å²) in [7, 11) is 0. The highest BCUT2D eigenvalue weighted by Gasteiger charge is 2.33. The first-order chi connectivity index (χ1) is 13.0. The maximum absolute atomic E-state index is 14.8. The molecule has 1 unspecified atom stereocenters. The molecule has 0 aromatic heterocycles. The summed E-state index contributed by atoms with van der Waals surface area (Å²) in [5.41, 5.74) is 3.36. The van der Waals surface area contributed by atoms with Crippen molar-refractivity contribution in [1.29, 1.82) is 0 Å². The van der Waals surface area contributed by atoms with Gasteiger partial charge in [0.05, 0.1) is 24.5 Å². The van der Waals surface area contributed by atoms with Crippen LogP contribution in [0.5, 0.6) is 0 Å². The van der Waals surface area contributed by atoms with Crippen molar-refractivity contribution < 1.29 is 18.7 Å². The summed E-state index contributed by atoms with van der Waals surface area (Å²) in [6, 6.07) is 12.9. The number of nitrogens with zero attached hydrogens (tertiary/aromatic N) is 2. The minimum atomic E-state index is -0.536. The average Bonchev–Trinajstić information content (AvgIpc) is 3.23. The number of ether oxygens (including phenoxy) is 1. The predicted molar refractivity (Wildman–Crippen MR) is 99.0 cm³/mol. The summed E-state index contributed by atoms with van der Waals surface area (Å²) in [5.74, 6) is -0.565. The van der Waals surface area contributed by atoms with Crippen LogP contribution in [0.2, 0.25) is 0 Å². The first-order valence-corrected chi connectivity index (χ1v) is 8.85. The van der Waals surface area contributed by atoms with Gasteiger partial charge in [0.25, 0.3) is 0 Å². The molecule has 2 aromatic rings. The Kier molecular flexibility index (Phi) is 4.43. The van der Waals surface area contributed by atoms with Gasteiger partial charge < -0.3 is 15.0 Å². The van der Waals surface area contributed by atoms with Crippen LogP contribution >= 0.6 is 0 Å². The summed E-state index contributed by atoms with van der Waals surface area (Å²) in [4.78, 5) is 26.5. The molecule has 0 saturated carbocycles. The van der Waals surface area contributed by atoms with Crippen LogP contribution in [0.25, 0.3) is 0 Å². The van der Waals surface area contributed by atoms with Gasteiger partial charge >= 0.3 is 6.09 Å². The molecule has 0 spiro atoms. The largest absolute Gasteiger partial charge is 0.442 e. The molecule has 0 bridgehead atoms. The Balaban J connectivity index is 1.48. The van der Waals surface area contributed by atoms with Crippen LogP contribution in [0.15, 0.2) is 42.5 Å². The molecule has 2 heterocycles. The van der Waals surface area contributed by atoms with Gasteiger partial charge in [-0.05, 0) is 29.3 Å². The van der Waals surface area contributed by atoms with Gasteiger partial charge in [0.1, 0.15) is 11.9 Å². The maximum Gasteiger partial charge on any atom is 0.414 e. The molecule has 2 aliphatic heterocycles. The lowest BCUT2D eigenvalue weighted by atomic mass is 10.1. The topological polar surface area (TPSA) is 61.9 Å². The standard InChI is InChI=1S/C20H20FN3O3/c1-13(25)22-9-17-12-24(20(26)27-17)16-6-7-19(18(21)8-16)23-10-14-4-2-3-5-15(14)11-23/h2-8,17H,9-12H2,1H3,(H,22,25). The van der Waals surface area contributed by atoms with Gasteiger partial charge in [-0.1, -0.05) is 24.3 Å². The van der Waals surface area contributed by atoms with Crippen LogP contribution in [0, 0.1) is 5.82 Å². The third-order valence-corrected chi connectivity index (χ3v) is 4.88. The number of hydrogen-bond acceptors (Lipinski definition) is 4. The Labute approximate surface area is 156 Å². The fourth-order valence-electron chi connectivity index (χ4n) is 3.52. The molecule has 27 heavy (non-hydrogen) atoms. The quantitative estimate of drug-likeness (QED) is 0.900. The molecular weight excluding hydrogens is 349 g/mol. The van der Waals surface area contributed by atoms with Crippen LogP contribution in [-0.2, 0) is 22.6 Å². The van der Waals surface area contributed by atoms with Crippen LogP contribution in [-0.4, -0.2) is 31.2 Å². The number of anilines is 2. The monoisotopic (exact) mass is 369 g/mol. The molecule has 1 fully saturated rings. The average molecular weight is 369 g/mol. The third-order valence-electron chi connectivity index (χ3n) is 4.88. The Morgan fingerprint density at radius 2 is 1.93 bits per heavy atom. The lowest BCUT2D eigenvalue weighted by Gasteiger charge is -2.20. The van der Waals surface area contributed by atoms with E-state index in [0.717, 1.165) is 0 Å². The molecule has 4 rings (SSSR count). The highest BCUT2D eigenvalue weighted by molar-refractivity contribution is 5.90. The second kappa shape index (κ2) is 6.90. The fourth-order valence-corrected chi connectivity index (χ4v) is 3.52. The highest BCUT2D eigenvalue weighted by Crippen LogP contribution is 2.32. The molecule has 1 N–H and O–H groups in total. The Morgan fingerprint density at radius 1 is 1.22 bits per heavy atom. The van der Waals surface area contributed by atoms with Crippen LogP contribution in [0.1, 0.15) is 18.1 Å². The van der Waals surface area contributed by atoms with Gasteiger partial charge in [-0.3, -0.25) is 9.69 Å². The van der Waals surface area contributed by atoms with Crippen molar-refractivity contribution >= 4 is 23.4 Å². The molecule has 2 aromatic carbocycles. The SMILES string of the molecule is CC(=O)NCC1CN(c2ccc(N3Cc4ccccc4C3)c(F)c2)C(=O)O1. The van der Waals surface area contributed by atoms with E-state index in [0.29, 0.717) is 24.5 Å². The van der Waals surface area contributed by atoms with Crippen LogP contribution in [0.4, 0.5) is 20.6 Å². The summed E-state index contributed by atoms with van der Waals surface area (Å²) in [6.07, 6.45) is -0.983. The van der Waals surface area contributed by atoms with Gasteiger partial charge in [0.15, 0.2) is 0 Å². The van der Waals surface area contributed by atoms with E-state index in [1.54, 1.807) is 12.1 Å². The number of carbonyl (C=O) groups is 2. The lowest BCUT2D eigenvalue weighted by molar-refractivity contribution is -0.119. The van der Waals surface area contributed by atoms with Crippen molar-refractivity contribution in [2.24, 2.45) is 0 Å². The van der Waals surface area contributed by atoms with E-state index in [1.807, 2.05) is 17.0 Å². The minimum Gasteiger partial charge on any atom is -0.442 e. The van der Waals surface area contributed by atoms with Crippen molar-refractivity contribution in [3.63, 3.8) is 0 Å². The summed E-state index contributed by atoms with van der Waals surface area (Å²) >= 11 is 0. The molecular formula is C20H20FN3O3. The van der Waals surface area contributed by atoms with E-state index in [-0.39, 0.29) is 24.8 Å². The molecule has 0 aliphatic carbocycles. The van der Waals surface area contributed by atoms with E-state index < -0.39 is 12.2 Å². The zero-order valence-corrected chi connectivity index (χ0v) is 14.9. The van der Waals surface area contributed by atoms with E-state index in [4.69, 9.17) is 4.74 Å². The van der Waals surface area contributed by atoms with Crippen molar-refractivity contribution in [3.8, 4) is 0 Å². The normalized spacial score (nSPS) is 18.4. The molecule has 0 radical (unpaired) electrons. The number of halogens is 1. The van der Waals surface area contributed by atoms with Gasteiger partial charge in [-0.2, -0.15) is 0 Å². The van der Waals surface area contributed by atoms with Gasteiger partial charge in [0, 0.05) is 20.0 Å². The number of rotatable bonds is 4. The second-order valence-corrected chi connectivity index (χ2v) is 6.81. The lowest BCUT2D eigenvalue weighted by Crippen LogP contribution is -2.33. The highest BCUT2D eigenvalue weighted by atomic mass is 19.1. The minimum absolute atomic E-state index is 0.188. The first kappa shape index (κ1) is 17.3. The number of fused-ring (bicyclic) bond motifs is 1. The fraction of sp³-hybridized carbons (Fsp3) is 0.300. The zero-order chi connectivity index (χ0) is 19.0. The van der Waals surface area contributed by atoms with E-state index >= 15 is 0 Å². The van der Waals surface area contributed by atoms with Gasteiger partial charge in [0.2, 0.25) is 5.91 Å². The molecule has 6 nitrogen and oxygen atoms in total. The van der Waals surface area contributed by atoms with Gasteiger partial charge in [-0.25, -0.2) is 9.18 Å². The maximum atomic E-state index is 14.8. The van der Waals surface area contributed by atoms with Crippen molar-refractivity contribution in [2.45, 2.75) is 26.1 Å². The number of cyclic esters (lactones) is 1. The molecule has 2 aliphatic rings. The number of amides is 2. The van der Waals surface area contributed by atoms with Crippen molar-refractivity contribution in [2.75, 3.05) is 22.9 Å². The Morgan fingerprint density at radius 3 is 2.56 bits per heavy atom. The van der Waals surface area contributed by atoms with Crippen LogP contribution in [0.3, 0.4) is 0 Å². The molecule has 1 saturated heterocycles. The molecule has 140 valence electrons. The van der Waals surface area contributed by atoms with Crippen molar-refractivity contribution in [1.82, 2.24) is 5.32 Å². The van der Waals surface area contributed by atoms with E-state index in [1.165, 1.54) is 29.0 Å². The Hall–Kier alpha value is -3.09. The van der Waals surface area contributed by atoms with E-state index in [2.05, 4.69) is 17.4 Å². The summed E-state index contributed by atoms with van der Waals surface area (Å²) in [5, 5.41) is 2.62. The summed E-state index contributed by atoms with van der Waals surface area (Å²) < 4.78 is 20.0. The first-order valence-electron chi connectivity index (χ1n) is 8.85. The van der Waals surface area contributed by atoms with Crippen molar-refractivity contribution in [3.05, 3.63) is 59.4 Å². The smallest absolute Gasteiger partial charge is 0.414 e. The molecule has 2 amide bonds. The van der Waals surface area contributed by atoms with Crippen LogP contribution < -0.4 is 15.1 Å². The number of hydrogen-bond donors (Lipinski definition) is 1. The third kappa shape index (κ3) is 3.45. The number of nitrogens with one attached hydrogen (secondary N) is 1. The molecule has 7 heteroatoms. The Bertz CT molecular complexity index is 877. The zero-order valence-electron chi connectivity index (χ0n) is 14.9. The van der Waals surface area contributed by atoms with E-state index in [9.17, 15) is 14.0 Å². The second-order valence-electron chi connectivity index (χ2n) is 6.81. The number of benzene rings is 2.